The second-order valence-corrected chi connectivity index (χ2v) is 6.13. The molecule has 3 rings (SSSR count). The Kier molecular flexibility index (Phi) is 3.84. The number of aromatic nitrogens is 2. The molecular formula is C14H22N4S. The number of rotatable bonds is 1. The first-order chi connectivity index (χ1) is 9.24. The highest BCUT2D eigenvalue weighted by Crippen LogP contribution is 2.27. The molecule has 4 nitrogen and oxygen atoms in total. The second kappa shape index (κ2) is 5.59. The van der Waals surface area contributed by atoms with Gasteiger partial charge in [0.25, 0.3) is 0 Å². The molecule has 1 saturated heterocycles. The van der Waals surface area contributed by atoms with Gasteiger partial charge in [0, 0.05) is 37.3 Å². The molecule has 3 heterocycles. The molecule has 19 heavy (non-hydrogen) atoms. The van der Waals surface area contributed by atoms with Crippen LogP contribution in [0.1, 0.15) is 31.0 Å². The maximum atomic E-state index is 5.31. The maximum Gasteiger partial charge on any atom is 0.198 e. The van der Waals surface area contributed by atoms with Gasteiger partial charge in [0.05, 0.1) is 0 Å². The topological polar surface area (TPSA) is 44.0 Å². The number of hydrogen-bond acceptors (Lipinski definition) is 4. The van der Waals surface area contributed by atoms with Gasteiger partial charge in [-0.2, -0.15) is 0 Å². The van der Waals surface area contributed by atoms with E-state index in [0.29, 0.717) is 4.77 Å². The van der Waals surface area contributed by atoms with Crippen LogP contribution in [0.2, 0.25) is 0 Å². The van der Waals surface area contributed by atoms with E-state index < -0.39 is 0 Å². The molecule has 0 bridgehead atoms. The highest BCUT2D eigenvalue weighted by atomic mass is 32.1. The smallest absolute Gasteiger partial charge is 0.198 e. The van der Waals surface area contributed by atoms with Crippen molar-refractivity contribution in [3.63, 3.8) is 0 Å². The number of aromatic amines is 1. The van der Waals surface area contributed by atoms with Gasteiger partial charge in [-0.05, 0) is 43.9 Å². The monoisotopic (exact) mass is 278 g/mol. The van der Waals surface area contributed by atoms with Crippen LogP contribution in [0.15, 0.2) is 0 Å². The third kappa shape index (κ3) is 2.82. The van der Waals surface area contributed by atoms with Crippen molar-refractivity contribution in [1.82, 2.24) is 15.3 Å². The van der Waals surface area contributed by atoms with E-state index in [1.165, 1.54) is 24.1 Å². The van der Waals surface area contributed by atoms with Crippen molar-refractivity contribution < 1.29 is 0 Å². The zero-order valence-electron chi connectivity index (χ0n) is 11.5. The molecule has 0 radical (unpaired) electrons. The van der Waals surface area contributed by atoms with Crippen LogP contribution < -0.4 is 10.2 Å². The van der Waals surface area contributed by atoms with Crippen LogP contribution in [-0.4, -0.2) is 36.1 Å². The van der Waals surface area contributed by atoms with Gasteiger partial charge in [0.15, 0.2) is 4.77 Å². The minimum absolute atomic E-state index is 0.634. The minimum atomic E-state index is 0.634. The lowest BCUT2D eigenvalue weighted by molar-refractivity contribution is 0.435. The zero-order valence-corrected chi connectivity index (χ0v) is 12.4. The van der Waals surface area contributed by atoms with E-state index in [-0.39, 0.29) is 0 Å². The molecule has 0 saturated carbocycles. The summed E-state index contributed by atoms with van der Waals surface area (Å²) in [6, 6.07) is 0. The third-order valence-electron chi connectivity index (χ3n) is 4.29. The lowest BCUT2D eigenvalue weighted by Gasteiger charge is -2.32. The average Bonchev–Trinajstić information content (AvgIpc) is 2.64. The molecule has 0 amide bonds. The largest absolute Gasteiger partial charge is 0.356 e. The molecular weight excluding hydrogens is 256 g/mol. The molecule has 1 aromatic rings. The Morgan fingerprint density at radius 2 is 1.95 bits per heavy atom. The van der Waals surface area contributed by atoms with Crippen LogP contribution in [0, 0.1) is 10.7 Å². The molecule has 5 heteroatoms. The van der Waals surface area contributed by atoms with Gasteiger partial charge in [-0.1, -0.05) is 6.92 Å². The van der Waals surface area contributed by atoms with Crippen molar-refractivity contribution in [1.29, 1.82) is 0 Å². The number of anilines is 1. The molecule has 1 fully saturated rings. The van der Waals surface area contributed by atoms with E-state index in [1.54, 1.807) is 0 Å². The van der Waals surface area contributed by atoms with Crippen molar-refractivity contribution >= 4 is 18.0 Å². The first kappa shape index (κ1) is 13.1. The Morgan fingerprint density at radius 3 is 2.74 bits per heavy atom. The van der Waals surface area contributed by atoms with Crippen LogP contribution in [0.5, 0.6) is 0 Å². The van der Waals surface area contributed by atoms with Crippen LogP contribution in [-0.2, 0) is 12.8 Å². The molecule has 104 valence electrons. The lowest BCUT2D eigenvalue weighted by Crippen LogP contribution is -2.34. The fourth-order valence-electron chi connectivity index (χ4n) is 3.04. The average molecular weight is 278 g/mol. The summed E-state index contributed by atoms with van der Waals surface area (Å²) in [5.74, 6) is 1.99. The summed E-state index contributed by atoms with van der Waals surface area (Å²) in [6.45, 7) is 6.64. The predicted octanol–water partition coefficient (Wildman–Crippen LogP) is 2.06. The predicted molar refractivity (Wildman–Crippen MR) is 80.3 cm³/mol. The quantitative estimate of drug-likeness (QED) is 0.772. The van der Waals surface area contributed by atoms with Gasteiger partial charge in [0.2, 0.25) is 0 Å². The van der Waals surface area contributed by atoms with E-state index in [2.05, 4.69) is 27.1 Å². The summed E-state index contributed by atoms with van der Waals surface area (Å²) < 4.78 is 0.634. The van der Waals surface area contributed by atoms with Gasteiger partial charge < -0.3 is 15.2 Å². The Balaban J connectivity index is 1.96. The normalized spacial score (nSPS) is 21.0. The molecule has 2 aliphatic rings. The van der Waals surface area contributed by atoms with Crippen molar-refractivity contribution in [2.75, 3.05) is 31.1 Å². The van der Waals surface area contributed by atoms with Gasteiger partial charge in [-0.3, -0.25) is 0 Å². The van der Waals surface area contributed by atoms with Crippen molar-refractivity contribution in [2.24, 2.45) is 5.92 Å². The Hall–Kier alpha value is -0.940. The van der Waals surface area contributed by atoms with Gasteiger partial charge in [0.1, 0.15) is 5.82 Å². The number of nitrogens with one attached hydrogen (secondary N) is 2. The molecule has 0 atom stereocenters. The summed E-state index contributed by atoms with van der Waals surface area (Å²) in [4.78, 5) is 10.4. The molecule has 0 aliphatic carbocycles. The summed E-state index contributed by atoms with van der Waals surface area (Å²) in [7, 11) is 0. The Morgan fingerprint density at radius 1 is 1.21 bits per heavy atom. The number of nitrogens with zero attached hydrogens (tertiary/aromatic N) is 2. The zero-order chi connectivity index (χ0) is 13.2. The van der Waals surface area contributed by atoms with E-state index in [0.717, 1.165) is 50.8 Å². The van der Waals surface area contributed by atoms with E-state index in [4.69, 9.17) is 12.2 Å². The molecule has 0 unspecified atom stereocenters. The molecule has 0 spiro atoms. The van der Waals surface area contributed by atoms with Crippen molar-refractivity contribution in [3.05, 3.63) is 16.0 Å². The molecule has 0 aromatic carbocycles. The maximum absolute atomic E-state index is 5.31. The van der Waals surface area contributed by atoms with Crippen LogP contribution in [0.25, 0.3) is 0 Å². The highest BCUT2D eigenvalue weighted by Gasteiger charge is 2.22. The first-order valence-electron chi connectivity index (χ1n) is 7.32. The van der Waals surface area contributed by atoms with Crippen molar-refractivity contribution in [3.8, 4) is 0 Å². The van der Waals surface area contributed by atoms with Crippen LogP contribution in [0.4, 0.5) is 5.82 Å². The van der Waals surface area contributed by atoms with Crippen molar-refractivity contribution in [2.45, 2.75) is 32.6 Å². The van der Waals surface area contributed by atoms with Gasteiger partial charge in [-0.25, -0.2) is 4.98 Å². The Labute approximate surface area is 119 Å². The fourth-order valence-corrected chi connectivity index (χ4v) is 3.25. The molecule has 1 aromatic heterocycles. The summed E-state index contributed by atoms with van der Waals surface area (Å²) in [5, 5.41) is 3.45. The molecule has 2 N–H and O–H groups in total. The summed E-state index contributed by atoms with van der Waals surface area (Å²) >= 11 is 5.31. The summed E-state index contributed by atoms with van der Waals surface area (Å²) in [6.07, 6.45) is 4.61. The Bertz CT molecular complexity index is 503. The van der Waals surface area contributed by atoms with Gasteiger partial charge in [-0.15, -0.1) is 0 Å². The van der Waals surface area contributed by atoms with E-state index >= 15 is 0 Å². The first-order valence-corrected chi connectivity index (χ1v) is 7.72. The van der Waals surface area contributed by atoms with E-state index in [1.807, 2.05) is 0 Å². The molecule has 2 aliphatic heterocycles. The fraction of sp³-hybridized carbons (Fsp3) is 0.714. The third-order valence-corrected chi connectivity index (χ3v) is 4.48. The lowest BCUT2D eigenvalue weighted by atomic mass is 9.98. The SMILES string of the molecule is CC1CCN(c2nc(=S)[nH]c3c2CCNCC3)CC1. The number of fused-ring (bicyclic) bond motifs is 1. The van der Waals surface area contributed by atoms with Gasteiger partial charge >= 0.3 is 0 Å². The minimum Gasteiger partial charge on any atom is -0.356 e. The number of piperidine rings is 1. The number of hydrogen-bond donors (Lipinski definition) is 2. The highest BCUT2D eigenvalue weighted by molar-refractivity contribution is 7.71. The number of H-pyrrole nitrogens is 1. The summed E-state index contributed by atoms with van der Waals surface area (Å²) in [5.41, 5.74) is 2.67. The van der Waals surface area contributed by atoms with Crippen LogP contribution in [0.3, 0.4) is 0 Å². The second-order valence-electron chi connectivity index (χ2n) is 5.74. The van der Waals surface area contributed by atoms with E-state index in [9.17, 15) is 0 Å². The standard InChI is InChI=1S/C14H22N4S/c1-10-4-8-18(9-5-10)13-11-2-6-15-7-3-12(11)16-14(19)17-13/h10,15H,2-9H2,1H3,(H,16,17,19). The van der Waals surface area contributed by atoms with Crippen LogP contribution >= 0.6 is 12.2 Å².